The van der Waals surface area contributed by atoms with E-state index in [4.69, 9.17) is 11.6 Å². The van der Waals surface area contributed by atoms with Crippen molar-refractivity contribution in [1.29, 1.82) is 0 Å². The molecule has 0 spiro atoms. The first-order chi connectivity index (χ1) is 10.5. The maximum absolute atomic E-state index is 12.9. The molecule has 1 aliphatic heterocycles. The molecule has 1 aliphatic rings. The van der Waals surface area contributed by atoms with E-state index in [-0.39, 0.29) is 30.6 Å². The van der Waals surface area contributed by atoms with E-state index in [2.05, 4.69) is 9.59 Å². The summed E-state index contributed by atoms with van der Waals surface area (Å²) in [6, 6.07) is 5.93. The SMILES string of the molecule is O=C1C[C@H](Cc2ccc(F)cc2)C(=O)N1Cc1nnsc1Cl. The highest BCUT2D eigenvalue weighted by Gasteiger charge is 2.39. The van der Waals surface area contributed by atoms with E-state index in [9.17, 15) is 14.0 Å². The lowest BCUT2D eigenvalue weighted by molar-refractivity contribution is -0.140. The highest BCUT2D eigenvalue weighted by molar-refractivity contribution is 7.10. The lowest BCUT2D eigenvalue weighted by atomic mass is 9.98. The predicted octanol–water partition coefficient (Wildman–Crippen LogP) is 2.45. The number of likely N-dealkylation sites (tertiary alicyclic amines) is 1. The number of halogens is 2. The van der Waals surface area contributed by atoms with Crippen molar-refractivity contribution in [2.75, 3.05) is 0 Å². The van der Waals surface area contributed by atoms with Crippen molar-refractivity contribution in [3.8, 4) is 0 Å². The van der Waals surface area contributed by atoms with Gasteiger partial charge < -0.3 is 0 Å². The Balaban J connectivity index is 1.71. The minimum absolute atomic E-state index is 0.0485. The Bertz CT molecular complexity index is 719. The molecule has 2 heterocycles. The summed E-state index contributed by atoms with van der Waals surface area (Å²) in [5.41, 5.74) is 1.25. The monoisotopic (exact) mass is 339 g/mol. The predicted molar refractivity (Wildman–Crippen MR) is 78.7 cm³/mol. The molecule has 1 atom stereocenters. The van der Waals surface area contributed by atoms with Crippen LogP contribution < -0.4 is 0 Å². The Labute approximate surface area is 134 Å². The molecule has 0 unspecified atom stereocenters. The largest absolute Gasteiger partial charge is 0.276 e. The van der Waals surface area contributed by atoms with E-state index in [1.54, 1.807) is 12.1 Å². The van der Waals surface area contributed by atoms with E-state index < -0.39 is 5.92 Å². The molecule has 0 N–H and O–H groups in total. The van der Waals surface area contributed by atoms with Crippen LogP contribution in [-0.4, -0.2) is 26.3 Å². The van der Waals surface area contributed by atoms with Crippen LogP contribution in [0.25, 0.3) is 0 Å². The van der Waals surface area contributed by atoms with Crippen LogP contribution in [0.5, 0.6) is 0 Å². The van der Waals surface area contributed by atoms with Gasteiger partial charge in [-0.2, -0.15) is 0 Å². The van der Waals surface area contributed by atoms with Gasteiger partial charge in [0.05, 0.1) is 12.5 Å². The Morgan fingerprint density at radius 1 is 1.32 bits per heavy atom. The summed E-state index contributed by atoms with van der Waals surface area (Å²) in [7, 11) is 0. The van der Waals surface area contributed by atoms with Gasteiger partial charge in [-0.25, -0.2) is 4.39 Å². The first-order valence-corrected chi connectivity index (χ1v) is 7.75. The fourth-order valence-electron chi connectivity index (χ4n) is 2.42. The average molecular weight is 340 g/mol. The fraction of sp³-hybridized carbons (Fsp3) is 0.286. The molecule has 1 saturated heterocycles. The van der Waals surface area contributed by atoms with Gasteiger partial charge >= 0.3 is 0 Å². The molecule has 1 aromatic heterocycles. The van der Waals surface area contributed by atoms with Gasteiger partial charge in [-0.3, -0.25) is 14.5 Å². The third-order valence-electron chi connectivity index (χ3n) is 3.55. The summed E-state index contributed by atoms with van der Waals surface area (Å²) in [5.74, 6) is -1.26. The van der Waals surface area contributed by atoms with E-state index >= 15 is 0 Å². The van der Waals surface area contributed by atoms with Crippen LogP contribution in [0.4, 0.5) is 4.39 Å². The Kier molecular flexibility index (Phi) is 4.17. The number of amides is 2. The molecule has 114 valence electrons. The number of carbonyl (C=O) groups excluding carboxylic acids is 2. The molecule has 0 aliphatic carbocycles. The second-order valence-corrected chi connectivity index (χ2v) is 6.40. The quantitative estimate of drug-likeness (QED) is 0.803. The molecular weight excluding hydrogens is 329 g/mol. The van der Waals surface area contributed by atoms with Crippen molar-refractivity contribution in [3.63, 3.8) is 0 Å². The van der Waals surface area contributed by atoms with Crippen molar-refractivity contribution in [3.05, 3.63) is 45.7 Å². The Morgan fingerprint density at radius 3 is 2.68 bits per heavy atom. The highest BCUT2D eigenvalue weighted by Crippen LogP contribution is 2.27. The molecule has 0 bridgehead atoms. The number of nitrogens with zero attached hydrogens (tertiary/aromatic N) is 3. The van der Waals surface area contributed by atoms with Gasteiger partial charge in [-0.05, 0) is 24.1 Å². The summed E-state index contributed by atoms with van der Waals surface area (Å²) in [5, 5.41) is 3.82. The number of carbonyl (C=O) groups is 2. The molecule has 22 heavy (non-hydrogen) atoms. The second-order valence-electron chi connectivity index (χ2n) is 5.04. The van der Waals surface area contributed by atoms with Crippen molar-refractivity contribution in [2.24, 2.45) is 5.92 Å². The van der Waals surface area contributed by atoms with Gasteiger partial charge in [0.25, 0.3) is 0 Å². The van der Waals surface area contributed by atoms with Crippen molar-refractivity contribution >= 4 is 34.9 Å². The number of benzene rings is 1. The summed E-state index contributed by atoms with van der Waals surface area (Å²) >= 11 is 6.92. The van der Waals surface area contributed by atoms with Gasteiger partial charge in [0.15, 0.2) is 0 Å². The van der Waals surface area contributed by atoms with Crippen LogP contribution in [-0.2, 0) is 22.6 Å². The minimum Gasteiger partial charge on any atom is -0.276 e. The highest BCUT2D eigenvalue weighted by atomic mass is 35.5. The molecule has 2 amide bonds. The van der Waals surface area contributed by atoms with E-state index in [0.29, 0.717) is 16.5 Å². The van der Waals surface area contributed by atoms with Crippen molar-refractivity contribution < 1.29 is 14.0 Å². The van der Waals surface area contributed by atoms with Gasteiger partial charge in [0, 0.05) is 18.0 Å². The molecule has 0 radical (unpaired) electrons. The van der Waals surface area contributed by atoms with E-state index in [1.165, 1.54) is 12.1 Å². The molecule has 1 fully saturated rings. The summed E-state index contributed by atoms with van der Waals surface area (Å²) in [6.45, 7) is 0.0485. The summed E-state index contributed by atoms with van der Waals surface area (Å²) in [4.78, 5) is 25.6. The second kappa shape index (κ2) is 6.10. The van der Waals surface area contributed by atoms with Crippen LogP contribution in [0.1, 0.15) is 17.7 Å². The first kappa shape index (κ1) is 15.1. The topological polar surface area (TPSA) is 63.2 Å². The molecule has 5 nitrogen and oxygen atoms in total. The number of imide groups is 1. The van der Waals surface area contributed by atoms with Crippen molar-refractivity contribution in [1.82, 2.24) is 14.5 Å². The van der Waals surface area contributed by atoms with Gasteiger partial charge in [0.1, 0.15) is 15.8 Å². The standard InChI is InChI=1S/C14H11ClFN3O2S/c15-13-11(17-18-22-13)7-19-12(20)6-9(14(19)21)5-8-1-3-10(16)4-2-8/h1-4,9H,5-7H2/t9-/m0/s1. The maximum atomic E-state index is 12.9. The summed E-state index contributed by atoms with van der Waals surface area (Å²) in [6.07, 6.45) is 0.551. The lowest BCUT2D eigenvalue weighted by Crippen LogP contribution is -2.30. The number of hydrogen-bond donors (Lipinski definition) is 0. The van der Waals surface area contributed by atoms with Crippen LogP contribution in [0.15, 0.2) is 24.3 Å². The van der Waals surface area contributed by atoms with E-state index in [1.807, 2.05) is 0 Å². The fourth-order valence-corrected chi connectivity index (χ4v) is 3.04. The number of hydrogen-bond acceptors (Lipinski definition) is 5. The van der Waals surface area contributed by atoms with Crippen molar-refractivity contribution in [2.45, 2.75) is 19.4 Å². The normalized spacial score (nSPS) is 18.3. The summed E-state index contributed by atoms with van der Waals surface area (Å²) < 4.78 is 17.0. The zero-order valence-electron chi connectivity index (χ0n) is 11.3. The third-order valence-corrected chi connectivity index (χ3v) is 4.53. The Morgan fingerprint density at radius 2 is 2.05 bits per heavy atom. The molecule has 8 heteroatoms. The van der Waals surface area contributed by atoms with Crippen LogP contribution >= 0.6 is 23.1 Å². The van der Waals surface area contributed by atoms with Gasteiger partial charge in [-0.15, -0.1) is 5.10 Å². The zero-order chi connectivity index (χ0) is 15.7. The molecule has 0 saturated carbocycles. The van der Waals surface area contributed by atoms with Crippen LogP contribution in [0, 0.1) is 11.7 Å². The molecule has 1 aromatic carbocycles. The maximum Gasteiger partial charge on any atom is 0.233 e. The molecule has 3 rings (SSSR count). The molecular formula is C14H11ClFN3O2S. The third kappa shape index (κ3) is 3.00. The number of aromatic nitrogens is 2. The zero-order valence-corrected chi connectivity index (χ0v) is 12.9. The molecule has 2 aromatic rings. The smallest absolute Gasteiger partial charge is 0.233 e. The first-order valence-electron chi connectivity index (χ1n) is 6.60. The average Bonchev–Trinajstić information content (AvgIpc) is 3.01. The number of rotatable bonds is 4. The lowest BCUT2D eigenvalue weighted by Gasteiger charge is -2.13. The van der Waals surface area contributed by atoms with Crippen LogP contribution in [0.2, 0.25) is 4.34 Å². The van der Waals surface area contributed by atoms with Gasteiger partial charge in [0.2, 0.25) is 11.8 Å². The minimum atomic E-state index is -0.427. The van der Waals surface area contributed by atoms with Gasteiger partial charge in [-0.1, -0.05) is 28.2 Å². The van der Waals surface area contributed by atoms with E-state index in [0.717, 1.165) is 22.0 Å². The van der Waals surface area contributed by atoms with Crippen LogP contribution in [0.3, 0.4) is 0 Å². The Hall–Kier alpha value is -1.86.